The minimum absolute atomic E-state index is 0.194. The number of likely N-dealkylation sites (tertiary alicyclic amines) is 1. The lowest BCUT2D eigenvalue weighted by atomic mass is 9.83. The van der Waals surface area contributed by atoms with Gasteiger partial charge in [0.2, 0.25) is 5.88 Å². The van der Waals surface area contributed by atoms with Crippen molar-refractivity contribution in [2.75, 3.05) is 25.5 Å². The maximum absolute atomic E-state index is 10.2. The van der Waals surface area contributed by atoms with Crippen LogP contribution in [-0.4, -0.2) is 63.1 Å². The molecule has 2 N–H and O–H groups in total. The smallest absolute Gasteiger partial charge is 0.233 e. The van der Waals surface area contributed by atoms with E-state index in [-0.39, 0.29) is 12.1 Å². The number of piperidine rings is 1. The number of halogens is 1. The van der Waals surface area contributed by atoms with Crippen molar-refractivity contribution in [2.45, 2.75) is 63.2 Å². The molecule has 2 fully saturated rings. The maximum atomic E-state index is 10.2. The van der Waals surface area contributed by atoms with E-state index in [0.717, 1.165) is 68.6 Å². The Morgan fingerprint density at radius 3 is 2.57 bits per heavy atom. The number of anilines is 1. The molecule has 8 heteroatoms. The summed E-state index contributed by atoms with van der Waals surface area (Å²) in [6.45, 7) is 3.99. The van der Waals surface area contributed by atoms with Crippen molar-refractivity contribution >= 4 is 17.3 Å². The highest BCUT2D eigenvalue weighted by Gasteiger charge is 2.29. The molecule has 0 spiro atoms. The van der Waals surface area contributed by atoms with Crippen LogP contribution in [0.2, 0.25) is 5.15 Å². The third-order valence-corrected chi connectivity index (χ3v) is 6.37. The molecule has 2 aromatic rings. The standard InChI is InChI=1S/C22H30ClN5O2/c1-22(29)9-5-15(6-10-22)25-19-13-20(23)24-14-17(19)18-3-4-21(27-26-18)30-16-7-11-28(2)12-8-16/h3-4,13-16,29H,5-12H2,1-2H3,(H,24,25). The number of hydrogen-bond donors (Lipinski definition) is 2. The SMILES string of the molecule is CN1CCC(Oc2ccc(-c3cnc(Cl)cc3NC3CCC(C)(O)CC3)nn2)CC1. The number of rotatable bonds is 5. The van der Waals surface area contributed by atoms with E-state index in [2.05, 4.69) is 32.4 Å². The second kappa shape index (κ2) is 9.04. The first kappa shape index (κ1) is 21.3. The van der Waals surface area contributed by atoms with E-state index in [4.69, 9.17) is 16.3 Å². The van der Waals surface area contributed by atoms with Crippen molar-refractivity contribution in [3.05, 3.63) is 29.5 Å². The Bertz CT molecular complexity index is 843. The highest BCUT2D eigenvalue weighted by Crippen LogP contribution is 2.33. The predicted octanol–water partition coefficient (Wildman–Crippen LogP) is 3.77. The summed E-state index contributed by atoms with van der Waals surface area (Å²) in [6, 6.07) is 5.90. The third-order valence-electron chi connectivity index (χ3n) is 6.16. The van der Waals surface area contributed by atoms with E-state index >= 15 is 0 Å². The molecule has 0 amide bonds. The molecule has 0 atom stereocenters. The fourth-order valence-corrected chi connectivity index (χ4v) is 4.32. The van der Waals surface area contributed by atoms with Crippen LogP contribution in [0.3, 0.4) is 0 Å². The second-order valence-corrected chi connectivity index (χ2v) is 9.23. The van der Waals surface area contributed by atoms with Gasteiger partial charge in [0.15, 0.2) is 0 Å². The van der Waals surface area contributed by atoms with Crippen LogP contribution in [0.1, 0.15) is 45.4 Å². The molecule has 1 aliphatic heterocycles. The largest absolute Gasteiger partial charge is 0.473 e. The molecular weight excluding hydrogens is 402 g/mol. The van der Waals surface area contributed by atoms with E-state index in [1.807, 2.05) is 25.1 Å². The molecule has 162 valence electrons. The van der Waals surface area contributed by atoms with Crippen molar-refractivity contribution in [1.82, 2.24) is 20.1 Å². The van der Waals surface area contributed by atoms with Gasteiger partial charge in [0.05, 0.1) is 11.3 Å². The van der Waals surface area contributed by atoms with Crippen molar-refractivity contribution in [3.8, 4) is 17.1 Å². The van der Waals surface area contributed by atoms with Crippen molar-refractivity contribution in [2.24, 2.45) is 0 Å². The van der Waals surface area contributed by atoms with E-state index in [0.29, 0.717) is 11.0 Å². The molecule has 3 heterocycles. The number of hydrogen-bond acceptors (Lipinski definition) is 7. The van der Waals surface area contributed by atoms with Gasteiger partial charge in [-0.1, -0.05) is 11.6 Å². The van der Waals surface area contributed by atoms with Gasteiger partial charge in [0, 0.05) is 42.6 Å². The Labute approximate surface area is 182 Å². The lowest BCUT2D eigenvalue weighted by Gasteiger charge is -2.34. The zero-order valence-corrected chi connectivity index (χ0v) is 18.4. The van der Waals surface area contributed by atoms with Crippen molar-refractivity contribution in [1.29, 1.82) is 0 Å². The predicted molar refractivity (Wildman–Crippen MR) is 118 cm³/mol. The zero-order valence-electron chi connectivity index (χ0n) is 17.6. The normalized spacial score (nSPS) is 25.8. The molecule has 0 bridgehead atoms. The van der Waals surface area contributed by atoms with Crippen molar-refractivity contribution < 1.29 is 9.84 Å². The lowest BCUT2D eigenvalue weighted by molar-refractivity contribution is 0.0196. The fourth-order valence-electron chi connectivity index (χ4n) is 4.16. The Morgan fingerprint density at radius 2 is 1.90 bits per heavy atom. The van der Waals surface area contributed by atoms with Crippen LogP contribution in [0.15, 0.2) is 24.4 Å². The number of nitrogens with one attached hydrogen (secondary N) is 1. The molecule has 7 nitrogen and oxygen atoms in total. The summed E-state index contributed by atoms with van der Waals surface area (Å²) < 4.78 is 6.01. The Hall–Kier alpha value is -1.96. The molecule has 2 aromatic heterocycles. The summed E-state index contributed by atoms with van der Waals surface area (Å²) in [5.41, 5.74) is 1.90. The molecule has 2 aliphatic rings. The highest BCUT2D eigenvalue weighted by molar-refractivity contribution is 6.29. The zero-order chi connectivity index (χ0) is 21.1. The summed E-state index contributed by atoms with van der Waals surface area (Å²) >= 11 is 6.16. The lowest BCUT2D eigenvalue weighted by Crippen LogP contribution is -2.35. The highest BCUT2D eigenvalue weighted by atomic mass is 35.5. The van der Waals surface area contributed by atoms with Crippen LogP contribution in [0.5, 0.6) is 5.88 Å². The molecule has 4 rings (SSSR count). The summed E-state index contributed by atoms with van der Waals surface area (Å²) in [5.74, 6) is 0.555. The molecule has 1 saturated carbocycles. The molecule has 0 radical (unpaired) electrons. The first-order valence-corrected chi connectivity index (χ1v) is 11.1. The first-order valence-electron chi connectivity index (χ1n) is 10.7. The summed E-state index contributed by atoms with van der Waals surface area (Å²) in [4.78, 5) is 6.55. The van der Waals surface area contributed by atoms with Crippen LogP contribution in [0, 0.1) is 0 Å². The number of nitrogens with zero attached hydrogens (tertiary/aromatic N) is 4. The monoisotopic (exact) mass is 431 g/mol. The van der Waals surface area contributed by atoms with Gasteiger partial charge in [-0.3, -0.25) is 0 Å². The van der Waals surface area contributed by atoms with Gasteiger partial charge < -0.3 is 20.1 Å². The number of aliphatic hydroxyl groups is 1. The third kappa shape index (κ3) is 5.39. The van der Waals surface area contributed by atoms with Crippen LogP contribution < -0.4 is 10.1 Å². The molecule has 1 saturated heterocycles. The number of aromatic nitrogens is 3. The van der Waals surface area contributed by atoms with Crippen LogP contribution in [-0.2, 0) is 0 Å². The Kier molecular flexibility index (Phi) is 6.41. The van der Waals surface area contributed by atoms with Gasteiger partial charge in [-0.25, -0.2) is 4.98 Å². The first-order chi connectivity index (χ1) is 14.4. The summed E-state index contributed by atoms with van der Waals surface area (Å²) in [6.07, 6.45) is 7.29. The van der Waals surface area contributed by atoms with Crippen LogP contribution in [0.25, 0.3) is 11.3 Å². The van der Waals surface area contributed by atoms with E-state index in [1.54, 1.807) is 6.20 Å². The van der Waals surface area contributed by atoms with E-state index < -0.39 is 5.60 Å². The van der Waals surface area contributed by atoms with Crippen molar-refractivity contribution in [3.63, 3.8) is 0 Å². The van der Waals surface area contributed by atoms with Crippen LogP contribution in [0.4, 0.5) is 5.69 Å². The average molecular weight is 432 g/mol. The summed E-state index contributed by atoms with van der Waals surface area (Å²) in [7, 11) is 2.13. The Morgan fingerprint density at radius 1 is 1.17 bits per heavy atom. The maximum Gasteiger partial charge on any atom is 0.233 e. The van der Waals surface area contributed by atoms with Gasteiger partial charge >= 0.3 is 0 Å². The average Bonchev–Trinajstić information content (AvgIpc) is 2.72. The minimum atomic E-state index is -0.564. The molecular formula is C22H30ClN5O2. The van der Waals surface area contributed by atoms with Gasteiger partial charge in [0.25, 0.3) is 0 Å². The van der Waals surface area contributed by atoms with Gasteiger partial charge in [-0.15, -0.1) is 10.2 Å². The van der Waals surface area contributed by atoms with Gasteiger partial charge in [-0.05, 0) is 64.6 Å². The summed E-state index contributed by atoms with van der Waals surface area (Å²) in [5, 5.41) is 22.9. The second-order valence-electron chi connectivity index (χ2n) is 8.85. The molecule has 30 heavy (non-hydrogen) atoms. The fraction of sp³-hybridized carbons (Fsp3) is 0.591. The van der Waals surface area contributed by atoms with E-state index in [9.17, 15) is 5.11 Å². The minimum Gasteiger partial charge on any atom is -0.473 e. The molecule has 0 aromatic carbocycles. The van der Waals surface area contributed by atoms with E-state index in [1.165, 1.54) is 0 Å². The van der Waals surface area contributed by atoms with Crippen LogP contribution >= 0.6 is 11.6 Å². The number of pyridine rings is 1. The van der Waals surface area contributed by atoms with Gasteiger partial charge in [0.1, 0.15) is 11.3 Å². The topological polar surface area (TPSA) is 83.4 Å². The molecule has 1 aliphatic carbocycles. The Balaban J connectivity index is 1.45. The number of ether oxygens (including phenoxy) is 1. The molecule has 0 unspecified atom stereocenters. The quantitative estimate of drug-likeness (QED) is 0.697. The van der Waals surface area contributed by atoms with Gasteiger partial charge in [-0.2, -0.15) is 0 Å².